The van der Waals surface area contributed by atoms with Gasteiger partial charge in [0.1, 0.15) is 11.9 Å². The van der Waals surface area contributed by atoms with Crippen molar-refractivity contribution in [1.29, 1.82) is 0 Å². The molecule has 1 unspecified atom stereocenters. The topological polar surface area (TPSA) is 82.6 Å². The van der Waals surface area contributed by atoms with Gasteiger partial charge in [0.05, 0.1) is 12.1 Å². The molecule has 2 aliphatic heterocycles. The summed E-state index contributed by atoms with van der Waals surface area (Å²) in [6.07, 6.45) is 7.23. The molecule has 2 saturated carbocycles. The third kappa shape index (κ3) is 2.93. The highest BCUT2D eigenvalue weighted by atomic mass is 19.3. The largest absolute Gasteiger partial charge is 0.339 e. The summed E-state index contributed by atoms with van der Waals surface area (Å²) in [7, 11) is 0. The first-order chi connectivity index (χ1) is 13.5. The highest BCUT2D eigenvalue weighted by Crippen LogP contribution is 2.42. The van der Waals surface area contributed by atoms with E-state index in [1.54, 1.807) is 29.4 Å². The van der Waals surface area contributed by atoms with Crippen LogP contribution in [0.15, 0.2) is 28.6 Å². The van der Waals surface area contributed by atoms with Crippen LogP contribution in [0.25, 0.3) is 0 Å². The maximum atomic E-state index is 13.5. The third-order valence-corrected chi connectivity index (χ3v) is 6.20. The fourth-order valence-corrected chi connectivity index (χ4v) is 4.43. The van der Waals surface area contributed by atoms with Crippen molar-refractivity contribution in [2.75, 3.05) is 0 Å². The van der Waals surface area contributed by atoms with Crippen LogP contribution in [0.3, 0.4) is 0 Å². The van der Waals surface area contributed by atoms with Crippen molar-refractivity contribution in [1.82, 2.24) is 15.3 Å². The van der Waals surface area contributed by atoms with Crippen LogP contribution < -0.4 is 5.32 Å². The molecule has 3 heterocycles. The van der Waals surface area contributed by atoms with Gasteiger partial charge in [-0.25, -0.2) is 18.7 Å². The van der Waals surface area contributed by atoms with Gasteiger partial charge in [0, 0.05) is 31.2 Å². The maximum absolute atomic E-state index is 13.5. The molecule has 4 aliphatic rings. The standard InChI is InChI=1S/C19H20F2N6O/c20-19(21)6-4-11(5-7-19)27-17-14(10-24-27)18(28)26-16(25-17)13-3-2-12(13)15-22-8-1-9-23-15/h1,8-14H,2-7H2/p+1/t12-,13-,14?/m0/s1. The second kappa shape index (κ2) is 6.49. The van der Waals surface area contributed by atoms with E-state index in [1.165, 1.54) is 0 Å². The van der Waals surface area contributed by atoms with Crippen LogP contribution in [0.5, 0.6) is 0 Å². The minimum absolute atomic E-state index is 0.0536. The van der Waals surface area contributed by atoms with Crippen LogP contribution in [-0.2, 0) is 4.79 Å². The predicted octanol–water partition coefficient (Wildman–Crippen LogP) is 2.10. The molecule has 1 amide bonds. The summed E-state index contributed by atoms with van der Waals surface area (Å²) in [5, 5.41) is 7.27. The van der Waals surface area contributed by atoms with Crippen LogP contribution in [0.4, 0.5) is 8.78 Å². The fourth-order valence-electron chi connectivity index (χ4n) is 4.43. The Bertz CT molecular complexity index is 887. The monoisotopic (exact) mass is 387 g/mol. The van der Waals surface area contributed by atoms with Crippen LogP contribution in [0.1, 0.15) is 50.3 Å². The van der Waals surface area contributed by atoms with Gasteiger partial charge in [-0.2, -0.15) is 0 Å². The van der Waals surface area contributed by atoms with Crippen LogP contribution >= 0.6 is 0 Å². The Morgan fingerprint density at radius 3 is 2.46 bits per heavy atom. The van der Waals surface area contributed by atoms with Gasteiger partial charge in [-0.15, -0.1) is 4.68 Å². The lowest BCUT2D eigenvalue weighted by Gasteiger charge is -2.35. The number of aliphatic imine (C=N–C) groups is 1. The number of carbonyl (C=O) groups is 1. The molecule has 1 N–H and O–H groups in total. The molecule has 5 rings (SSSR count). The van der Waals surface area contributed by atoms with Crippen molar-refractivity contribution in [2.24, 2.45) is 21.9 Å². The lowest BCUT2D eigenvalue weighted by Crippen LogP contribution is -2.51. The van der Waals surface area contributed by atoms with Gasteiger partial charge in [-0.1, -0.05) is 5.10 Å². The van der Waals surface area contributed by atoms with Gasteiger partial charge in [-0.3, -0.25) is 10.1 Å². The Labute approximate surface area is 160 Å². The first-order valence-corrected chi connectivity index (χ1v) is 9.76. The Kier molecular flexibility index (Phi) is 4.06. The number of amidine groups is 2. The molecule has 0 spiro atoms. The fraction of sp³-hybridized carbons (Fsp3) is 0.579. The van der Waals surface area contributed by atoms with E-state index in [4.69, 9.17) is 4.99 Å². The molecule has 9 heteroatoms. The van der Waals surface area contributed by atoms with E-state index in [-0.39, 0.29) is 36.6 Å². The Hall–Kier alpha value is -2.58. The number of carbonyl (C=O) groups excluding carboxylic acids is 1. The highest BCUT2D eigenvalue weighted by molar-refractivity contribution is 6.24. The summed E-state index contributed by atoms with van der Waals surface area (Å²) in [6.45, 7) is 0. The lowest BCUT2D eigenvalue weighted by atomic mass is 9.72. The smallest absolute Gasteiger partial charge is 0.292 e. The Morgan fingerprint density at radius 2 is 1.79 bits per heavy atom. The summed E-state index contributed by atoms with van der Waals surface area (Å²) in [4.78, 5) is 26.1. The van der Waals surface area contributed by atoms with E-state index in [0.29, 0.717) is 24.5 Å². The molecular weight excluding hydrogens is 366 g/mol. The lowest BCUT2D eigenvalue weighted by molar-refractivity contribution is -0.575. The number of aromatic nitrogens is 2. The normalized spacial score (nSPS) is 31.9. The van der Waals surface area contributed by atoms with E-state index < -0.39 is 11.8 Å². The molecule has 7 nitrogen and oxygen atoms in total. The molecule has 0 radical (unpaired) electrons. The number of hydrogen-bond acceptors (Lipinski definition) is 5. The summed E-state index contributed by atoms with van der Waals surface area (Å²) >= 11 is 0. The van der Waals surface area contributed by atoms with Gasteiger partial charge in [0.15, 0.2) is 5.92 Å². The van der Waals surface area contributed by atoms with Crippen molar-refractivity contribution in [3.05, 3.63) is 24.3 Å². The molecule has 28 heavy (non-hydrogen) atoms. The summed E-state index contributed by atoms with van der Waals surface area (Å²) < 4.78 is 28.7. The number of hydrogen-bond donors (Lipinski definition) is 1. The van der Waals surface area contributed by atoms with Crippen molar-refractivity contribution in [2.45, 2.75) is 56.4 Å². The van der Waals surface area contributed by atoms with Crippen LogP contribution in [-0.4, -0.2) is 50.4 Å². The number of alkyl halides is 2. The maximum Gasteiger partial charge on any atom is 0.339 e. The second-order valence-corrected chi connectivity index (χ2v) is 7.92. The first-order valence-electron chi connectivity index (χ1n) is 9.76. The van der Waals surface area contributed by atoms with Crippen LogP contribution in [0, 0.1) is 11.8 Å². The van der Waals surface area contributed by atoms with E-state index in [0.717, 1.165) is 18.7 Å². The number of hydrazone groups is 1. The zero-order valence-electron chi connectivity index (χ0n) is 15.3. The van der Waals surface area contributed by atoms with Gasteiger partial charge in [0.25, 0.3) is 0 Å². The van der Waals surface area contributed by atoms with Gasteiger partial charge in [-0.05, 0) is 36.7 Å². The van der Waals surface area contributed by atoms with Crippen molar-refractivity contribution in [3.8, 4) is 0 Å². The SMILES string of the molecule is O=C1NC([C@H]2CC[C@@H]2c2ncccn2)=NC2=[N+](C3CCC(F)(F)CC3)N=CC12. The molecule has 2 fully saturated rings. The van der Waals surface area contributed by atoms with Crippen LogP contribution in [0.2, 0.25) is 0 Å². The number of nitrogens with zero attached hydrogens (tertiary/aromatic N) is 5. The molecule has 3 atom stereocenters. The number of rotatable bonds is 3. The van der Waals surface area contributed by atoms with Crippen molar-refractivity contribution in [3.63, 3.8) is 0 Å². The first kappa shape index (κ1) is 17.5. The number of halogens is 2. The second-order valence-electron chi connectivity index (χ2n) is 7.92. The summed E-state index contributed by atoms with van der Waals surface area (Å²) in [6, 6.07) is 1.64. The summed E-state index contributed by atoms with van der Waals surface area (Å²) in [5.74, 6) is -1.18. The number of nitrogens with one attached hydrogen (secondary N) is 1. The van der Waals surface area contributed by atoms with Crippen molar-refractivity contribution < 1.29 is 18.3 Å². The molecule has 0 aromatic carbocycles. The average Bonchev–Trinajstić information content (AvgIpc) is 3.06. The number of fused-ring (bicyclic) bond motifs is 1. The zero-order chi connectivity index (χ0) is 19.3. The third-order valence-electron chi connectivity index (χ3n) is 6.20. The summed E-state index contributed by atoms with van der Waals surface area (Å²) in [5.41, 5.74) is 0. The Morgan fingerprint density at radius 1 is 1.07 bits per heavy atom. The molecule has 0 saturated heterocycles. The zero-order valence-corrected chi connectivity index (χ0v) is 15.3. The molecular formula is C19H21F2N6O+. The molecule has 146 valence electrons. The highest BCUT2D eigenvalue weighted by Gasteiger charge is 2.49. The molecule has 0 bridgehead atoms. The minimum atomic E-state index is -2.60. The molecule has 1 aromatic heterocycles. The van der Waals surface area contributed by atoms with Crippen molar-refractivity contribution >= 4 is 23.8 Å². The van der Waals surface area contributed by atoms with E-state index in [2.05, 4.69) is 20.4 Å². The van der Waals surface area contributed by atoms with Gasteiger partial charge < -0.3 is 0 Å². The van der Waals surface area contributed by atoms with Gasteiger partial charge in [0.2, 0.25) is 17.7 Å². The van der Waals surface area contributed by atoms with E-state index in [1.807, 2.05) is 0 Å². The predicted molar refractivity (Wildman–Crippen MR) is 97.5 cm³/mol. The van der Waals surface area contributed by atoms with E-state index in [9.17, 15) is 13.6 Å². The van der Waals surface area contributed by atoms with E-state index >= 15 is 0 Å². The van der Waals surface area contributed by atoms with Gasteiger partial charge >= 0.3 is 5.84 Å². The Balaban J connectivity index is 1.43. The minimum Gasteiger partial charge on any atom is -0.292 e. The quantitative estimate of drug-likeness (QED) is 0.807. The molecule has 2 aliphatic carbocycles. The average molecular weight is 387 g/mol. The number of amides is 1. The molecule has 1 aromatic rings.